The Bertz CT molecular complexity index is 799. The molecule has 1 saturated heterocycles. The van der Waals surface area contributed by atoms with Crippen LogP contribution in [0.1, 0.15) is 19.1 Å². The number of nitrogens with zero attached hydrogens (tertiary/aromatic N) is 1. The van der Waals surface area contributed by atoms with Crippen molar-refractivity contribution in [2.45, 2.75) is 23.2 Å². The van der Waals surface area contributed by atoms with Crippen LogP contribution in [-0.4, -0.2) is 27.7 Å². The van der Waals surface area contributed by atoms with Gasteiger partial charge in [-0.3, -0.25) is 9.69 Å². The molecule has 1 aromatic carbocycles. The van der Waals surface area contributed by atoms with E-state index in [1.54, 1.807) is 13.0 Å². The van der Waals surface area contributed by atoms with E-state index >= 15 is 0 Å². The molecule has 5 nitrogen and oxygen atoms in total. The largest absolute Gasteiger partial charge is 0.458 e. The Kier molecular flexibility index (Phi) is 3.00. The molecule has 1 aromatic heterocycles. The third kappa shape index (κ3) is 2.22. The normalized spacial score (nSPS) is 29.2. The fourth-order valence-corrected chi connectivity index (χ4v) is 3.46. The van der Waals surface area contributed by atoms with Crippen LogP contribution in [0.5, 0.6) is 0 Å². The minimum atomic E-state index is -1.22. The Balaban J connectivity index is 1.65. The van der Waals surface area contributed by atoms with E-state index in [1.165, 1.54) is 4.90 Å². The molecule has 3 amide bonds. The van der Waals surface area contributed by atoms with Crippen molar-refractivity contribution in [1.82, 2.24) is 10.2 Å². The quantitative estimate of drug-likeness (QED) is 0.680. The summed E-state index contributed by atoms with van der Waals surface area (Å²) in [5.74, 6) is -0.0190. The average molecular weight is 353 g/mol. The summed E-state index contributed by atoms with van der Waals surface area (Å²) in [6, 6.07) is 8.78. The Morgan fingerprint density at radius 1 is 1.35 bits per heavy atom. The van der Waals surface area contributed by atoms with E-state index in [-0.39, 0.29) is 18.4 Å². The van der Waals surface area contributed by atoms with Crippen molar-refractivity contribution in [3.8, 4) is 0 Å². The van der Waals surface area contributed by atoms with Gasteiger partial charge in [0, 0.05) is 17.8 Å². The van der Waals surface area contributed by atoms with E-state index in [2.05, 4.69) is 5.32 Å². The third-order valence-electron chi connectivity index (χ3n) is 4.55. The molecule has 120 valence electrons. The molecule has 2 fully saturated rings. The SMILES string of the molecule is C[C@@]1(c2cc3ccccc3o2)NC(=O)N(C[C@@H]2CC2(Cl)Cl)C1=O. The fourth-order valence-electron chi connectivity index (χ4n) is 2.95. The molecule has 0 radical (unpaired) electrons. The fraction of sp³-hybridized carbons (Fsp3) is 0.375. The number of carbonyl (C=O) groups is 2. The van der Waals surface area contributed by atoms with Gasteiger partial charge in [0.1, 0.15) is 15.7 Å². The smallest absolute Gasteiger partial charge is 0.325 e. The van der Waals surface area contributed by atoms with Gasteiger partial charge in [-0.2, -0.15) is 0 Å². The number of hydrogen-bond acceptors (Lipinski definition) is 3. The standard InChI is InChI=1S/C16H14Cl2N2O3/c1-15(12-6-9-4-2-3-5-11(9)23-12)13(21)20(14(22)19-15)8-10-7-16(10,17)18/h2-6,10H,7-8H2,1H3,(H,19,22)/t10-,15-/m0/s1. The van der Waals surface area contributed by atoms with Crippen LogP contribution in [0.15, 0.2) is 34.7 Å². The first-order valence-electron chi connectivity index (χ1n) is 7.32. The summed E-state index contributed by atoms with van der Waals surface area (Å²) in [6.45, 7) is 1.86. The second-order valence-electron chi connectivity index (χ2n) is 6.28. The molecule has 0 unspecified atom stereocenters. The molecule has 1 N–H and O–H groups in total. The molecule has 0 bridgehead atoms. The minimum absolute atomic E-state index is 0.0847. The monoisotopic (exact) mass is 352 g/mol. The van der Waals surface area contributed by atoms with Gasteiger partial charge in [-0.1, -0.05) is 18.2 Å². The highest BCUT2D eigenvalue weighted by Crippen LogP contribution is 2.53. The molecule has 7 heteroatoms. The lowest BCUT2D eigenvalue weighted by Gasteiger charge is -2.19. The summed E-state index contributed by atoms with van der Waals surface area (Å²) in [7, 11) is 0. The van der Waals surface area contributed by atoms with Gasteiger partial charge < -0.3 is 9.73 Å². The third-order valence-corrected chi connectivity index (χ3v) is 5.48. The zero-order valence-corrected chi connectivity index (χ0v) is 13.8. The summed E-state index contributed by atoms with van der Waals surface area (Å²) in [5.41, 5.74) is -0.543. The topological polar surface area (TPSA) is 62.6 Å². The molecular weight excluding hydrogens is 339 g/mol. The molecule has 1 aliphatic carbocycles. The highest BCUT2D eigenvalue weighted by Gasteiger charge is 2.57. The number of amides is 3. The molecular formula is C16H14Cl2N2O3. The van der Waals surface area contributed by atoms with Crippen molar-refractivity contribution in [2.75, 3.05) is 6.54 Å². The van der Waals surface area contributed by atoms with Crippen LogP contribution >= 0.6 is 23.2 Å². The van der Waals surface area contributed by atoms with Crippen molar-refractivity contribution in [3.05, 3.63) is 36.1 Å². The molecule has 4 rings (SSSR count). The lowest BCUT2D eigenvalue weighted by molar-refractivity contribution is -0.131. The predicted octanol–water partition coefficient (Wildman–Crippen LogP) is 3.39. The number of para-hydroxylation sites is 1. The number of alkyl halides is 2. The van der Waals surface area contributed by atoms with Gasteiger partial charge in [0.05, 0.1) is 0 Å². The van der Waals surface area contributed by atoms with Crippen molar-refractivity contribution >= 4 is 46.1 Å². The molecule has 2 heterocycles. The number of halogens is 2. The number of furan rings is 1. The maximum atomic E-state index is 12.8. The first kappa shape index (κ1) is 14.8. The zero-order valence-electron chi connectivity index (χ0n) is 12.3. The Labute approximate surface area is 142 Å². The first-order valence-corrected chi connectivity index (χ1v) is 8.08. The van der Waals surface area contributed by atoms with Crippen molar-refractivity contribution in [2.24, 2.45) is 5.92 Å². The number of carbonyl (C=O) groups excluding carboxylic acids is 2. The molecule has 2 aliphatic rings. The van der Waals surface area contributed by atoms with Gasteiger partial charge in [0.25, 0.3) is 5.91 Å². The molecule has 2 atom stereocenters. The number of rotatable bonds is 3. The highest BCUT2D eigenvalue weighted by molar-refractivity contribution is 6.50. The van der Waals surface area contributed by atoms with Gasteiger partial charge in [-0.25, -0.2) is 4.79 Å². The van der Waals surface area contributed by atoms with Crippen LogP contribution in [0.25, 0.3) is 11.0 Å². The van der Waals surface area contributed by atoms with Gasteiger partial charge in [-0.05, 0) is 25.5 Å². The second-order valence-corrected chi connectivity index (χ2v) is 7.82. The van der Waals surface area contributed by atoms with Crippen LogP contribution in [-0.2, 0) is 10.3 Å². The van der Waals surface area contributed by atoms with Crippen LogP contribution < -0.4 is 5.32 Å². The zero-order chi connectivity index (χ0) is 16.4. The van der Waals surface area contributed by atoms with Crippen LogP contribution in [0, 0.1) is 5.92 Å². The number of benzene rings is 1. The molecule has 1 saturated carbocycles. The van der Waals surface area contributed by atoms with E-state index < -0.39 is 15.9 Å². The van der Waals surface area contributed by atoms with E-state index in [9.17, 15) is 9.59 Å². The summed E-state index contributed by atoms with van der Waals surface area (Å²) in [6.07, 6.45) is 0.578. The number of urea groups is 1. The van der Waals surface area contributed by atoms with Crippen LogP contribution in [0.2, 0.25) is 0 Å². The van der Waals surface area contributed by atoms with Crippen molar-refractivity contribution in [1.29, 1.82) is 0 Å². The Hall–Kier alpha value is -1.72. The van der Waals surface area contributed by atoms with E-state index in [4.69, 9.17) is 27.6 Å². The van der Waals surface area contributed by atoms with E-state index in [0.717, 1.165) is 5.39 Å². The van der Waals surface area contributed by atoms with Gasteiger partial charge >= 0.3 is 6.03 Å². The number of imide groups is 1. The second kappa shape index (κ2) is 4.65. The summed E-state index contributed by atoms with van der Waals surface area (Å²) in [5, 5.41) is 3.61. The summed E-state index contributed by atoms with van der Waals surface area (Å²) in [4.78, 5) is 26.2. The highest BCUT2D eigenvalue weighted by atomic mass is 35.5. The predicted molar refractivity (Wildman–Crippen MR) is 86.4 cm³/mol. The van der Waals surface area contributed by atoms with Crippen molar-refractivity contribution in [3.63, 3.8) is 0 Å². The summed E-state index contributed by atoms with van der Waals surface area (Å²) >= 11 is 12.0. The maximum Gasteiger partial charge on any atom is 0.325 e. The van der Waals surface area contributed by atoms with Crippen LogP contribution in [0.4, 0.5) is 4.79 Å². The Morgan fingerprint density at radius 3 is 2.70 bits per heavy atom. The van der Waals surface area contributed by atoms with Gasteiger partial charge in [0.15, 0.2) is 5.54 Å². The first-order chi connectivity index (χ1) is 10.8. The summed E-state index contributed by atoms with van der Waals surface area (Å²) < 4.78 is 4.93. The number of fused-ring (bicyclic) bond motifs is 1. The molecule has 23 heavy (non-hydrogen) atoms. The van der Waals surface area contributed by atoms with Gasteiger partial charge in [-0.15, -0.1) is 23.2 Å². The van der Waals surface area contributed by atoms with Crippen molar-refractivity contribution < 1.29 is 14.0 Å². The number of hydrogen-bond donors (Lipinski definition) is 1. The lowest BCUT2D eigenvalue weighted by Crippen LogP contribution is -2.40. The average Bonchev–Trinajstić information content (AvgIpc) is 2.85. The maximum absolute atomic E-state index is 12.8. The lowest BCUT2D eigenvalue weighted by atomic mass is 9.99. The Morgan fingerprint density at radius 2 is 2.04 bits per heavy atom. The van der Waals surface area contributed by atoms with E-state index in [1.807, 2.05) is 24.3 Å². The van der Waals surface area contributed by atoms with Gasteiger partial charge in [0.2, 0.25) is 0 Å². The number of nitrogens with one attached hydrogen (secondary N) is 1. The molecule has 1 aliphatic heterocycles. The van der Waals surface area contributed by atoms with Crippen LogP contribution in [0.3, 0.4) is 0 Å². The molecule has 2 aromatic rings. The molecule has 0 spiro atoms. The minimum Gasteiger partial charge on any atom is -0.458 e. The van der Waals surface area contributed by atoms with E-state index in [0.29, 0.717) is 17.8 Å².